The Morgan fingerprint density at radius 2 is 2.00 bits per heavy atom. The number of benzene rings is 1. The fourth-order valence-electron chi connectivity index (χ4n) is 2.58. The van der Waals surface area contributed by atoms with Crippen molar-refractivity contribution in [3.8, 4) is 17.6 Å². The molecule has 0 bridgehead atoms. The monoisotopic (exact) mass is 272 g/mol. The van der Waals surface area contributed by atoms with Gasteiger partial charge in [-0.25, -0.2) is 0 Å². The molecular weight excluding hydrogens is 248 g/mol. The molecule has 2 heteroatoms. The Balaban J connectivity index is 2.08. The zero-order valence-electron chi connectivity index (χ0n) is 12.5. The van der Waals surface area contributed by atoms with E-state index >= 15 is 0 Å². The van der Waals surface area contributed by atoms with Crippen LogP contribution < -0.4 is 4.74 Å². The molecular formula is C18H24O2. The van der Waals surface area contributed by atoms with E-state index in [1.165, 1.54) is 18.4 Å². The van der Waals surface area contributed by atoms with Gasteiger partial charge in [-0.05, 0) is 56.2 Å². The van der Waals surface area contributed by atoms with Gasteiger partial charge >= 0.3 is 0 Å². The molecule has 20 heavy (non-hydrogen) atoms. The second-order valence-electron chi connectivity index (χ2n) is 5.77. The van der Waals surface area contributed by atoms with E-state index in [1.807, 2.05) is 6.07 Å². The van der Waals surface area contributed by atoms with Gasteiger partial charge < -0.3 is 9.84 Å². The molecule has 0 heterocycles. The van der Waals surface area contributed by atoms with Gasteiger partial charge in [-0.1, -0.05) is 24.8 Å². The lowest BCUT2D eigenvalue weighted by Crippen LogP contribution is -2.23. The van der Waals surface area contributed by atoms with Crippen LogP contribution in [0.5, 0.6) is 5.75 Å². The molecule has 0 radical (unpaired) electrons. The molecule has 1 saturated carbocycles. The van der Waals surface area contributed by atoms with Gasteiger partial charge in [0.2, 0.25) is 0 Å². The minimum atomic E-state index is 0.107. The SMILES string of the molecule is Cc1ccc(OC2CCC(C)CC2)c(C#CCCO)c1. The van der Waals surface area contributed by atoms with Crippen molar-refractivity contribution in [2.45, 2.75) is 52.1 Å². The first-order valence-electron chi connectivity index (χ1n) is 7.56. The predicted octanol–water partition coefficient (Wildman–Crippen LogP) is 3.69. The van der Waals surface area contributed by atoms with Crippen LogP contribution in [0.25, 0.3) is 0 Å². The van der Waals surface area contributed by atoms with E-state index < -0.39 is 0 Å². The Labute approximate surface area is 122 Å². The summed E-state index contributed by atoms with van der Waals surface area (Å²) in [6, 6.07) is 6.15. The summed E-state index contributed by atoms with van der Waals surface area (Å²) in [5.74, 6) is 7.82. The van der Waals surface area contributed by atoms with E-state index in [0.29, 0.717) is 12.5 Å². The number of hydrogen-bond donors (Lipinski definition) is 1. The van der Waals surface area contributed by atoms with Gasteiger partial charge in [0.05, 0.1) is 18.3 Å². The van der Waals surface area contributed by atoms with E-state index in [1.54, 1.807) is 0 Å². The first-order chi connectivity index (χ1) is 9.69. The number of aliphatic hydroxyl groups is 1. The summed E-state index contributed by atoms with van der Waals surface area (Å²) in [6.45, 7) is 4.48. The van der Waals surface area contributed by atoms with Gasteiger partial charge in [-0.15, -0.1) is 0 Å². The maximum Gasteiger partial charge on any atom is 0.135 e. The minimum Gasteiger partial charge on any atom is -0.489 e. The van der Waals surface area contributed by atoms with Crippen LogP contribution in [0.4, 0.5) is 0 Å². The van der Waals surface area contributed by atoms with E-state index in [-0.39, 0.29) is 6.61 Å². The maximum atomic E-state index is 8.82. The Bertz CT molecular complexity index is 488. The molecule has 1 aliphatic rings. The zero-order valence-corrected chi connectivity index (χ0v) is 12.5. The Kier molecular flexibility index (Phi) is 5.49. The normalized spacial score (nSPS) is 21.9. The van der Waals surface area contributed by atoms with Crippen LogP contribution in [-0.2, 0) is 0 Å². The van der Waals surface area contributed by atoms with Crippen molar-refractivity contribution >= 4 is 0 Å². The van der Waals surface area contributed by atoms with Gasteiger partial charge in [-0.3, -0.25) is 0 Å². The van der Waals surface area contributed by atoms with Crippen molar-refractivity contribution in [1.29, 1.82) is 0 Å². The minimum absolute atomic E-state index is 0.107. The molecule has 2 nitrogen and oxygen atoms in total. The third-order valence-electron chi connectivity index (χ3n) is 3.85. The second kappa shape index (κ2) is 7.36. The van der Waals surface area contributed by atoms with Crippen LogP contribution in [-0.4, -0.2) is 17.8 Å². The van der Waals surface area contributed by atoms with Crippen molar-refractivity contribution in [2.24, 2.45) is 5.92 Å². The lowest BCUT2D eigenvalue weighted by Gasteiger charge is -2.27. The largest absolute Gasteiger partial charge is 0.489 e. The first kappa shape index (κ1) is 14.9. The summed E-state index contributed by atoms with van der Waals surface area (Å²) in [4.78, 5) is 0. The average molecular weight is 272 g/mol. The molecule has 1 fully saturated rings. The summed E-state index contributed by atoms with van der Waals surface area (Å²) in [6.07, 6.45) is 5.61. The zero-order chi connectivity index (χ0) is 14.4. The molecule has 1 N–H and O–H groups in total. The molecule has 0 amide bonds. The quantitative estimate of drug-likeness (QED) is 0.850. The molecule has 1 aromatic rings. The number of rotatable bonds is 3. The van der Waals surface area contributed by atoms with Gasteiger partial charge in [0.25, 0.3) is 0 Å². The van der Waals surface area contributed by atoms with Crippen molar-refractivity contribution in [2.75, 3.05) is 6.61 Å². The summed E-state index contributed by atoms with van der Waals surface area (Å²) in [5.41, 5.74) is 2.12. The standard InChI is InChI=1S/C18H24O2/c1-14-6-9-17(10-7-14)20-18-11-8-15(2)13-16(18)5-3-4-12-19/h8,11,13-14,17,19H,4,6-7,9-10,12H2,1-2H3. The van der Waals surface area contributed by atoms with Gasteiger partial charge in [0.15, 0.2) is 0 Å². The van der Waals surface area contributed by atoms with Crippen molar-refractivity contribution < 1.29 is 9.84 Å². The summed E-state index contributed by atoms with van der Waals surface area (Å²) in [5, 5.41) is 8.82. The fraction of sp³-hybridized carbons (Fsp3) is 0.556. The van der Waals surface area contributed by atoms with Gasteiger partial charge in [0, 0.05) is 6.42 Å². The highest BCUT2D eigenvalue weighted by atomic mass is 16.5. The third kappa shape index (κ3) is 4.28. The number of aryl methyl sites for hydroxylation is 1. The highest BCUT2D eigenvalue weighted by Crippen LogP contribution is 2.29. The van der Waals surface area contributed by atoms with Crippen LogP contribution in [0.15, 0.2) is 18.2 Å². The highest BCUT2D eigenvalue weighted by Gasteiger charge is 2.20. The molecule has 0 atom stereocenters. The second-order valence-corrected chi connectivity index (χ2v) is 5.77. The topological polar surface area (TPSA) is 29.5 Å². The summed E-state index contributed by atoms with van der Waals surface area (Å²) in [7, 11) is 0. The fourth-order valence-corrected chi connectivity index (χ4v) is 2.58. The van der Waals surface area contributed by atoms with Gasteiger partial charge in [0.1, 0.15) is 5.75 Å². The molecule has 2 rings (SSSR count). The lowest BCUT2D eigenvalue weighted by molar-refractivity contribution is 0.135. The molecule has 1 aliphatic carbocycles. The van der Waals surface area contributed by atoms with Crippen LogP contribution in [0.2, 0.25) is 0 Å². The van der Waals surface area contributed by atoms with Crippen LogP contribution in [0.1, 0.15) is 50.2 Å². The van der Waals surface area contributed by atoms with Crippen LogP contribution in [0, 0.1) is 24.7 Å². The summed E-state index contributed by atoms with van der Waals surface area (Å²) < 4.78 is 6.16. The number of hydrogen-bond acceptors (Lipinski definition) is 2. The molecule has 1 aromatic carbocycles. The molecule has 0 saturated heterocycles. The Morgan fingerprint density at radius 1 is 1.25 bits per heavy atom. The predicted molar refractivity (Wildman–Crippen MR) is 81.8 cm³/mol. The molecule has 108 valence electrons. The molecule has 0 spiro atoms. The third-order valence-corrected chi connectivity index (χ3v) is 3.85. The first-order valence-corrected chi connectivity index (χ1v) is 7.56. The molecule has 0 aliphatic heterocycles. The van der Waals surface area contributed by atoms with E-state index in [2.05, 4.69) is 37.8 Å². The number of aliphatic hydroxyl groups excluding tert-OH is 1. The van der Waals surface area contributed by atoms with E-state index in [0.717, 1.165) is 30.1 Å². The smallest absolute Gasteiger partial charge is 0.135 e. The van der Waals surface area contributed by atoms with Crippen LogP contribution >= 0.6 is 0 Å². The Hall–Kier alpha value is -1.46. The average Bonchev–Trinajstić information content (AvgIpc) is 2.44. The molecule has 0 unspecified atom stereocenters. The Morgan fingerprint density at radius 3 is 2.70 bits per heavy atom. The summed E-state index contributed by atoms with van der Waals surface area (Å²) >= 11 is 0. The van der Waals surface area contributed by atoms with E-state index in [4.69, 9.17) is 9.84 Å². The van der Waals surface area contributed by atoms with Crippen molar-refractivity contribution in [1.82, 2.24) is 0 Å². The van der Waals surface area contributed by atoms with Crippen molar-refractivity contribution in [3.63, 3.8) is 0 Å². The van der Waals surface area contributed by atoms with E-state index in [9.17, 15) is 0 Å². The number of ether oxygens (including phenoxy) is 1. The van der Waals surface area contributed by atoms with Crippen molar-refractivity contribution in [3.05, 3.63) is 29.3 Å². The van der Waals surface area contributed by atoms with Gasteiger partial charge in [-0.2, -0.15) is 0 Å². The highest BCUT2D eigenvalue weighted by molar-refractivity contribution is 5.48. The molecule has 0 aromatic heterocycles. The van der Waals surface area contributed by atoms with Crippen LogP contribution in [0.3, 0.4) is 0 Å². The lowest BCUT2D eigenvalue weighted by atomic mass is 9.89. The maximum absolute atomic E-state index is 8.82.